The molecule has 2 aliphatic heterocycles. The molecule has 3 heterocycles. The van der Waals surface area contributed by atoms with Crippen LogP contribution in [0, 0.1) is 6.92 Å². The minimum absolute atomic E-state index is 0.0772. The van der Waals surface area contributed by atoms with Crippen molar-refractivity contribution in [2.45, 2.75) is 25.8 Å². The highest BCUT2D eigenvalue weighted by atomic mass is 32.1. The van der Waals surface area contributed by atoms with Gasteiger partial charge in [-0.1, -0.05) is 4.49 Å². The van der Waals surface area contributed by atoms with E-state index < -0.39 is 0 Å². The van der Waals surface area contributed by atoms with E-state index in [0.717, 1.165) is 38.3 Å². The summed E-state index contributed by atoms with van der Waals surface area (Å²) in [6.45, 7) is 4.29. The molecule has 102 valence electrons. The Balaban J connectivity index is 1.69. The zero-order chi connectivity index (χ0) is 13.2. The van der Waals surface area contributed by atoms with Crippen LogP contribution in [0.2, 0.25) is 0 Å². The van der Waals surface area contributed by atoms with Gasteiger partial charge in [0.2, 0.25) is 0 Å². The Labute approximate surface area is 116 Å². The number of amides is 1. The second-order valence-corrected chi connectivity index (χ2v) is 5.68. The molecule has 1 amide bonds. The number of carbonyl (C=O) groups is 1. The fraction of sp³-hybridized carbons (Fsp3) is 0.583. The molecule has 1 aromatic heterocycles. The minimum Gasteiger partial charge on any atom is -0.373 e. The van der Waals surface area contributed by atoms with Crippen LogP contribution < -0.4 is 5.32 Å². The van der Waals surface area contributed by atoms with Crippen LogP contribution in [0.1, 0.15) is 28.2 Å². The van der Waals surface area contributed by atoms with Crippen LogP contribution in [0.4, 0.5) is 0 Å². The molecule has 0 spiro atoms. The Morgan fingerprint density at radius 1 is 1.58 bits per heavy atom. The van der Waals surface area contributed by atoms with Crippen LogP contribution in [0.15, 0.2) is 12.4 Å². The topological polar surface area (TPSA) is 61.4 Å². The van der Waals surface area contributed by atoms with Gasteiger partial charge in [0.15, 0.2) is 0 Å². The zero-order valence-electron chi connectivity index (χ0n) is 10.9. The molecule has 0 unspecified atom stereocenters. The van der Waals surface area contributed by atoms with Gasteiger partial charge in [-0.2, -0.15) is 0 Å². The normalized spacial score (nSPS) is 22.7. The van der Waals surface area contributed by atoms with Crippen LogP contribution >= 0.6 is 11.5 Å². The SMILES string of the molecule is Cc1nnsc1C(=O)N1CCC[C@@H](N2C=CNC2)C1. The van der Waals surface area contributed by atoms with E-state index in [1.807, 2.05) is 18.0 Å². The number of hydrogen-bond acceptors (Lipinski definition) is 6. The Bertz CT molecular complexity index is 500. The Hall–Kier alpha value is -1.63. The van der Waals surface area contributed by atoms with Gasteiger partial charge in [0.05, 0.1) is 12.4 Å². The summed E-state index contributed by atoms with van der Waals surface area (Å²) in [5.41, 5.74) is 0.736. The van der Waals surface area contributed by atoms with Crippen molar-refractivity contribution in [2.75, 3.05) is 19.8 Å². The molecule has 0 saturated carbocycles. The predicted molar refractivity (Wildman–Crippen MR) is 72.6 cm³/mol. The number of piperidine rings is 1. The van der Waals surface area contributed by atoms with Crippen molar-refractivity contribution in [3.8, 4) is 0 Å². The van der Waals surface area contributed by atoms with E-state index >= 15 is 0 Å². The van der Waals surface area contributed by atoms with Gasteiger partial charge >= 0.3 is 0 Å². The monoisotopic (exact) mass is 279 g/mol. The summed E-state index contributed by atoms with van der Waals surface area (Å²) in [6.07, 6.45) is 6.21. The Morgan fingerprint density at radius 2 is 2.47 bits per heavy atom. The zero-order valence-corrected chi connectivity index (χ0v) is 11.7. The molecular weight excluding hydrogens is 262 g/mol. The van der Waals surface area contributed by atoms with Gasteiger partial charge in [-0.15, -0.1) is 5.10 Å². The lowest BCUT2D eigenvalue weighted by Gasteiger charge is -2.37. The van der Waals surface area contributed by atoms with Gasteiger partial charge in [-0.25, -0.2) is 0 Å². The van der Waals surface area contributed by atoms with Crippen molar-refractivity contribution < 1.29 is 4.79 Å². The molecule has 19 heavy (non-hydrogen) atoms. The van der Waals surface area contributed by atoms with E-state index in [1.54, 1.807) is 0 Å². The number of aryl methyl sites for hydroxylation is 1. The average Bonchev–Trinajstić information content (AvgIpc) is 3.09. The van der Waals surface area contributed by atoms with Crippen LogP contribution in [-0.2, 0) is 0 Å². The number of aromatic nitrogens is 2. The van der Waals surface area contributed by atoms with Gasteiger partial charge in [0, 0.05) is 31.5 Å². The van der Waals surface area contributed by atoms with E-state index in [2.05, 4.69) is 26.0 Å². The summed E-state index contributed by atoms with van der Waals surface area (Å²) in [4.78, 5) is 17.3. The van der Waals surface area contributed by atoms with Crippen molar-refractivity contribution in [1.29, 1.82) is 0 Å². The summed E-state index contributed by atoms with van der Waals surface area (Å²) >= 11 is 1.19. The lowest BCUT2D eigenvalue weighted by atomic mass is 10.0. The predicted octanol–water partition coefficient (Wildman–Crippen LogP) is 0.785. The van der Waals surface area contributed by atoms with E-state index in [-0.39, 0.29) is 5.91 Å². The van der Waals surface area contributed by atoms with Crippen molar-refractivity contribution >= 4 is 17.4 Å². The second-order valence-electron chi connectivity index (χ2n) is 4.93. The van der Waals surface area contributed by atoms with Gasteiger partial charge in [-0.3, -0.25) is 4.79 Å². The molecule has 1 fully saturated rings. The molecule has 0 bridgehead atoms. The molecule has 1 saturated heterocycles. The first kappa shape index (κ1) is 12.4. The summed E-state index contributed by atoms with van der Waals surface area (Å²) in [5.74, 6) is 0.0772. The maximum absolute atomic E-state index is 12.4. The van der Waals surface area contributed by atoms with E-state index in [0.29, 0.717) is 10.9 Å². The Kier molecular flexibility index (Phi) is 3.37. The highest BCUT2D eigenvalue weighted by Crippen LogP contribution is 2.21. The number of carbonyl (C=O) groups excluding carboxylic acids is 1. The maximum Gasteiger partial charge on any atom is 0.267 e. The molecule has 3 rings (SSSR count). The molecule has 1 N–H and O–H groups in total. The molecule has 7 heteroatoms. The second kappa shape index (κ2) is 5.16. The number of rotatable bonds is 2. The highest BCUT2D eigenvalue weighted by molar-refractivity contribution is 7.07. The molecule has 0 aliphatic carbocycles. The molecule has 2 aliphatic rings. The first-order chi connectivity index (χ1) is 9.25. The van der Waals surface area contributed by atoms with Crippen LogP contribution in [0.25, 0.3) is 0 Å². The van der Waals surface area contributed by atoms with Gasteiger partial charge in [0.25, 0.3) is 5.91 Å². The van der Waals surface area contributed by atoms with Gasteiger partial charge in [-0.05, 0) is 31.3 Å². The number of hydrogen-bond donors (Lipinski definition) is 1. The largest absolute Gasteiger partial charge is 0.373 e. The summed E-state index contributed by atoms with van der Waals surface area (Å²) in [6, 6.07) is 0.408. The molecule has 0 radical (unpaired) electrons. The fourth-order valence-corrected chi connectivity index (χ4v) is 3.22. The number of nitrogens with zero attached hydrogens (tertiary/aromatic N) is 4. The van der Waals surface area contributed by atoms with Crippen LogP contribution in [-0.4, -0.2) is 51.1 Å². The summed E-state index contributed by atoms with van der Waals surface area (Å²) in [7, 11) is 0. The molecule has 1 atom stereocenters. The van der Waals surface area contributed by atoms with Gasteiger partial charge in [0.1, 0.15) is 4.88 Å². The third-order valence-corrected chi connectivity index (χ3v) is 4.47. The first-order valence-corrected chi connectivity index (χ1v) is 7.27. The third-order valence-electron chi connectivity index (χ3n) is 3.66. The van der Waals surface area contributed by atoms with Crippen LogP contribution in [0.3, 0.4) is 0 Å². The molecule has 1 aromatic rings. The molecular formula is C12H17N5OS. The van der Waals surface area contributed by atoms with Crippen molar-refractivity contribution in [1.82, 2.24) is 24.7 Å². The summed E-state index contributed by atoms with van der Waals surface area (Å²) < 4.78 is 3.85. The van der Waals surface area contributed by atoms with E-state index in [9.17, 15) is 4.79 Å². The number of nitrogens with one attached hydrogen (secondary N) is 1. The third kappa shape index (κ3) is 2.42. The Morgan fingerprint density at radius 3 is 3.16 bits per heavy atom. The quantitative estimate of drug-likeness (QED) is 0.867. The lowest BCUT2D eigenvalue weighted by molar-refractivity contribution is 0.0639. The van der Waals surface area contributed by atoms with Crippen molar-refractivity contribution in [2.24, 2.45) is 0 Å². The van der Waals surface area contributed by atoms with Crippen molar-refractivity contribution in [3.63, 3.8) is 0 Å². The van der Waals surface area contributed by atoms with E-state index in [4.69, 9.17) is 0 Å². The fourth-order valence-electron chi connectivity index (χ4n) is 2.59. The molecule has 0 aromatic carbocycles. The van der Waals surface area contributed by atoms with Crippen LogP contribution in [0.5, 0.6) is 0 Å². The molecule has 6 nitrogen and oxygen atoms in total. The lowest BCUT2D eigenvalue weighted by Crippen LogP contribution is -2.48. The number of likely N-dealkylation sites (tertiary alicyclic amines) is 1. The summed E-state index contributed by atoms with van der Waals surface area (Å²) in [5, 5.41) is 7.09. The smallest absolute Gasteiger partial charge is 0.267 e. The van der Waals surface area contributed by atoms with Crippen molar-refractivity contribution in [3.05, 3.63) is 23.0 Å². The average molecular weight is 279 g/mol. The minimum atomic E-state index is 0.0772. The first-order valence-electron chi connectivity index (χ1n) is 6.50. The van der Waals surface area contributed by atoms with Gasteiger partial charge < -0.3 is 15.1 Å². The highest BCUT2D eigenvalue weighted by Gasteiger charge is 2.29. The standard InChI is InChI=1S/C12H17N5OS/c1-9-11(19-15-14-9)12(18)16-5-2-3-10(7-16)17-6-4-13-8-17/h4,6,10,13H,2-3,5,7-8H2,1H3/t10-/m1/s1. The van der Waals surface area contributed by atoms with E-state index in [1.165, 1.54) is 11.5 Å². The maximum atomic E-state index is 12.4.